The third-order valence-electron chi connectivity index (χ3n) is 2.62. The number of hydrogen-bond acceptors (Lipinski definition) is 0. The molecule has 63 valence electrons. The zero-order valence-electron chi connectivity index (χ0n) is 8.58. The van der Waals surface area contributed by atoms with Gasteiger partial charge < -0.3 is 0 Å². The molecule has 0 atom stereocenters. The monoisotopic (exact) mass is 236 g/mol. The normalized spacial score (nSPS) is 9.42. The van der Waals surface area contributed by atoms with E-state index in [0.717, 1.165) is 0 Å². The fourth-order valence-corrected chi connectivity index (χ4v) is 1.31. The van der Waals surface area contributed by atoms with Crippen molar-refractivity contribution in [3.05, 3.63) is 33.9 Å². The van der Waals surface area contributed by atoms with Crippen LogP contribution in [0.2, 0.25) is 0 Å². The van der Waals surface area contributed by atoms with Gasteiger partial charge in [-0.15, -0.1) is 0 Å². The predicted molar refractivity (Wildman–Crippen MR) is 49.0 cm³/mol. The van der Waals surface area contributed by atoms with Crippen LogP contribution in [0, 0.1) is 40.7 Å². The standard InChI is InChI=1S/C11H15.Y/c1-7-6-8(2)10(4)11(5)9(7)3;/h1-5H3;/q-1;. The van der Waals surface area contributed by atoms with E-state index in [-0.39, 0.29) is 32.7 Å². The van der Waals surface area contributed by atoms with E-state index in [1.165, 1.54) is 27.8 Å². The topological polar surface area (TPSA) is 0 Å². The van der Waals surface area contributed by atoms with Crippen molar-refractivity contribution in [3.8, 4) is 0 Å². The molecule has 0 unspecified atom stereocenters. The van der Waals surface area contributed by atoms with Crippen LogP contribution in [0.3, 0.4) is 0 Å². The number of benzene rings is 1. The van der Waals surface area contributed by atoms with Gasteiger partial charge in [0.25, 0.3) is 0 Å². The van der Waals surface area contributed by atoms with Gasteiger partial charge in [-0.05, 0) is 0 Å². The molecule has 0 spiro atoms. The summed E-state index contributed by atoms with van der Waals surface area (Å²) in [5.41, 5.74) is 6.75. The molecule has 0 aliphatic carbocycles. The molecule has 0 saturated heterocycles. The molecule has 1 heteroatoms. The third kappa shape index (κ3) is 2.17. The van der Waals surface area contributed by atoms with Gasteiger partial charge in [-0.3, -0.25) is 0 Å². The Morgan fingerprint density at radius 1 is 0.667 bits per heavy atom. The van der Waals surface area contributed by atoms with Gasteiger partial charge in [-0.1, -0.05) is 34.6 Å². The summed E-state index contributed by atoms with van der Waals surface area (Å²) >= 11 is 0. The first-order valence-corrected chi connectivity index (χ1v) is 4.00. The van der Waals surface area contributed by atoms with Crippen molar-refractivity contribution >= 4 is 0 Å². The molecule has 0 N–H and O–H groups in total. The first-order valence-electron chi connectivity index (χ1n) is 4.00. The van der Waals surface area contributed by atoms with E-state index in [1.807, 2.05) is 0 Å². The average Bonchev–Trinajstić information content (AvgIpc) is 1.97. The van der Waals surface area contributed by atoms with Crippen LogP contribution in [-0.2, 0) is 32.7 Å². The molecular formula is C11H15Y-. The summed E-state index contributed by atoms with van der Waals surface area (Å²) in [6, 6.07) is 3.35. The fraction of sp³-hybridized carbons (Fsp3) is 0.455. The van der Waals surface area contributed by atoms with Crippen molar-refractivity contribution in [3.63, 3.8) is 0 Å². The number of rotatable bonds is 0. The number of aryl methyl sites for hydroxylation is 2. The Bertz CT molecular complexity index is 261. The van der Waals surface area contributed by atoms with Gasteiger partial charge in [-0.25, -0.2) is 0 Å². The Kier molecular flexibility index (Phi) is 4.65. The Morgan fingerprint density at radius 3 is 1.33 bits per heavy atom. The van der Waals surface area contributed by atoms with Crippen molar-refractivity contribution in [2.24, 2.45) is 0 Å². The molecule has 0 bridgehead atoms. The van der Waals surface area contributed by atoms with Crippen LogP contribution in [0.15, 0.2) is 0 Å². The molecule has 0 aliphatic rings. The number of hydrogen-bond donors (Lipinski definition) is 0. The summed E-state index contributed by atoms with van der Waals surface area (Å²) in [7, 11) is 0. The summed E-state index contributed by atoms with van der Waals surface area (Å²) in [6.07, 6.45) is 0. The second kappa shape index (κ2) is 4.53. The van der Waals surface area contributed by atoms with Crippen LogP contribution in [0.5, 0.6) is 0 Å². The van der Waals surface area contributed by atoms with E-state index >= 15 is 0 Å². The molecule has 0 fully saturated rings. The van der Waals surface area contributed by atoms with Crippen molar-refractivity contribution in [2.45, 2.75) is 34.6 Å². The molecule has 0 heterocycles. The second-order valence-electron chi connectivity index (χ2n) is 3.25. The predicted octanol–water partition coefficient (Wildman–Crippen LogP) is 3.03. The quantitative estimate of drug-likeness (QED) is 0.607. The Labute approximate surface area is 101 Å². The van der Waals surface area contributed by atoms with E-state index in [9.17, 15) is 0 Å². The largest absolute Gasteiger partial charge is 0.177 e. The van der Waals surface area contributed by atoms with Crippen molar-refractivity contribution in [1.82, 2.24) is 0 Å². The molecule has 0 aromatic heterocycles. The Balaban J connectivity index is 0.00000121. The zero-order chi connectivity index (χ0) is 8.59. The SMILES string of the molecule is Cc1[c-]c(C)c(C)c(C)c1C.[Y]. The van der Waals surface area contributed by atoms with Crippen LogP contribution in [0.25, 0.3) is 0 Å². The minimum atomic E-state index is 0. The molecule has 0 nitrogen and oxygen atoms in total. The van der Waals surface area contributed by atoms with E-state index in [4.69, 9.17) is 0 Å². The smallest absolute Gasteiger partial charge is 0 e. The maximum atomic E-state index is 3.35. The fourth-order valence-electron chi connectivity index (χ4n) is 1.31. The molecule has 0 aliphatic heterocycles. The minimum Gasteiger partial charge on any atom is -0.177 e. The van der Waals surface area contributed by atoms with Crippen molar-refractivity contribution in [1.29, 1.82) is 0 Å². The van der Waals surface area contributed by atoms with E-state index < -0.39 is 0 Å². The maximum absolute atomic E-state index is 3.35. The summed E-state index contributed by atoms with van der Waals surface area (Å²) in [6.45, 7) is 10.7. The molecule has 0 amide bonds. The van der Waals surface area contributed by atoms with E-state index in [2.05, 4.69) is 40.7 Å². The van der Waals surface area contributed by atoms with Gasteiger partial charge in [-0.2, -0.15) is 33.9 Å². The second-order valence-corrected chi connectivity index (χ2v) is 3.25. The zero-order valence-corrected chi connectivity index (χ0v) is 11.4. The summed E-state index contributed by atoms with van der Waals surface area (Å²) in [5.74, 6) is 0. The summed E-state index contributed by atoms with van der Waals surface area (Å²) < 4.78 is 0. The van der Waals surface area contributed by atoms with Gasteiger partial charge in [0.1, 0.15) is 0 Å². The molecule has 1 aromatic carbocycles. The molecule has 0 saturated carbocycles. The first-order chi connectivity index (χ1) is 5.04. The third-order valence-corrected chi connectivity index (χ3v) is 2.62. The van der Waals surface area contributed by atoms with Gasteiger partial charge in [0, 0.05) is 32.7 Å². The van der Waals surface area contributed by atoms with Crippen LogP contribution in [-0.4, -0.2) is 0 Å². The Hall–Kier alpha value is 0.324. The van der Waals surface area contributed by atoms with Crippen molar-refractivity contribution in [2.75, 3.05) is 0 Å². The first kappa shape index (κ1) is 12.3. The van der Waals surface area contributed by atoms with Crippen molar-refractivity contribution < 1.29 is 32.7 Å². The molecule has 12 heavy (non-hydrogen) atoms. The van der Waals surface area contributed by atoms with Crippen LogP contribution < -0.4 is 0 Å². The molecule has 1 rings (SSSR count). The van der Waals surface area contributed by atoms with E-state index in [0.29, 0.717) is 0 Å². The van der Waals surface area contributed by atoms with Gasteiger partial charge in [0.05, 0.1) is 0 Å². The molecular weight excluding hydrogens is 221 g/mol. The molecule has 1 aromatic rings. The molecule has 1 radical (unpaired) electrons. The van der Waals surface area contributed by atoms with E-state index in [1.54, 1.807) is 0 Å². The van der Waals surface area contributed by atoms with Crippen LogP contribution >= 0.6 is 0 Å². The minimum absolute atomic E-state index is 0. The Morgan fingerprint density at radius 2 is 1.00 bits per heavy atom. The summed E-state index contributed by atoms with van der Waals surface area (Å²) in [5, 5.41) is 0. The van der Waals surface area contributed by atoms with Crippen LogP contribution in [0.4, 0.5) is 0 Å². The van der Waals surface area contributed by atoms with Gasteiger partial charge in [0.2, 0.25) is 0 Å². The van der Waals surface area contributed by atoms with Gasteiger partial charge >= 0.3 is 0 Å². The summed E-state index contributed by atoms with van der Waals surface area (Å²) in [4.78, 5) is 0. The maximum Gasteiger partial charge on any atom is 0 e. The van der Waals surface area contributed by atoms with Crippen LogP contribution in [0.1, 0.15) is 27.8 Å². The van der Waals surface area contributed by atoms with Gasteiger partial charge in [0.15, 0.2) is 0 Å². The average molecular weight is 236 g/mol.